The molecule has 3 heterocycles. The molecule has 2 aromatic rings. The average Bonchev–Trinajstić information content (AvgIpc) is 3.27. The Balaban J connectivity index is 1.64. The van der Waals surface area contributed by atoms with E-state index in [0.29, 0.717) is 13.2 Å². The second kappa shape index (κ2) is 9.87. The Morgan fingerprint density at radius 1 is 1.32 bits per heavy atom. The number of nitrogens with one attached hydrogen (secondary N) is 1. The highest BCUT2D eigenvalue weighted by Gasteiger charge is 2.27. The summed E-state index contributed by atoms with van der Waals surface area (Å²) >= 11 is 0. The predicted molar refractivity (Wildman–Crippen MR) is 107 cm³/mol. The van der Waals surface area contributed by atoms with Crippen LogP contribution in [0.5, 0.6) is 0 Å². The van der Waals surface area contributed by atoms with Crippen LogP contribution in [0.25, 0.3) is 5.82 Å². The molecule has 1 aliphatic heterocycles. The zero-order valence-electron chi connectivity index (χ0n) is 16.5. The van der Waals surface area contributed by atoms with Gasteiger partial charge in [-0.25, -0.2) is 14.7 Å². The van der Waals surface area contributed by atoms with E-state index in [1.54, 1.807) is 17.1 Å². The smallest absolute Gasteiger partial charge is 0.309 e. The van der Waals surface area contributed by atoms with Gasteiger partial charge in [-0.3, -0.25) is 4.79 Å². The van der Waals surface area contributed by atoms with Crippen LogP contribution < -0.4 is 5.32 Å². The molecule has 0 unspecified atom stereocenters. The molecule has 2 aromatic heterocycles. The number of likely N-dealkylation sites (tertiary alicyclic amines) is 1. The highest BCUT2D eigenvalue weighted by atomic mass is 16.5. The maximum absolute atomic E-state index is 11.9. The van der Waals surface area contributed by atoms with Crippen LogP contribution in [0.1, 0.15) is 32.3 Å². The van der Waals surface area contributed by atoms with Crippen LogP contribution in [-0.4, -0.2) is 57.8 Å². The van der Waals surface area contributed by atoms with Crippen molar-refractivity contribution >= 4 is 11.9 Å². The third-order valence-electron chi connectivity index (χ3n) is 4.71. The lowest BCUT2D eigenvalue weighted by Crippen LogP contribution is -2.46. The van der Waals surface area contributed by atoms with E-state index in [1.807, 2.05) is 31.3 Å². The number of hydrogen-bond acceptors (Lipinski definition) is 5. The monoisotopic (exact) mass is 384 g/mol. The molecule has 0 radical (unpaired) electrons. The molecule has 8 heteroatoms. The number of nitrogens with zero attached hydrogens (tertiary/aromatic N) is 5. The van der Waals surface area contributed by atoms with E-state index in [-0.39, 0.29) is 11.9 Å². The Hall–Kier alpha value is -2.90. The first-order valence-electron chi connectivity index (χ1n) is 9.86. The summed E-state index contributed by atoms with van der Waals surface area (Å²) in [7, 11) is 0. The normalized spacial score (nSPS) is 15.5. The fourth-order valence-corrected chi connectivity index (χ4v) is 3.27. The molecule has 0 amide bonds. The lowest BCUT2D eigenvalue weighted by molar-refractivity contribution is -0.149. The molecular formula is C20H28N6O2. The van der Waals surface area contributed by atoms with Crippen LogP contribution in [0, 0.1) is 5.92 Å². The number of carbonyl (C=O) groups is 1. The minimum atomic E-state index is -0.0768. The minimum Gasteiger partial charge on any atom is -0.466 e. The average molecular weight is 384 g/mol. The quantitative estimate of drug-likeness (QED) is 0.466. The third kappa shape index (κ3) is 5.09. The molecular weight excluding hydrogens is 356 g/mol. The Kier molecular flexibility index (Phi) is 7.00. The SMILES string of the molecule is CCNC(=NCc1ccnc(-n2cccn2)c1)N1CCC(C(=O)OCC)CC1. The van der Waals surface area contributed by atoms with E-state index in [9.17, 15) is 4.79 Å². The van der Waals surface area contributed by atoms with Crippen LogP contribution >= 0.6 is 0 Å². The molecule has 1 saturated heterocycles. The van der Waals surface area contributed by atoms with Gasteiger partial charge in [0.2, 0.25) is 0 Å². The van der Waals surface area contributed by atoms with Gasteiger partial charge in [0.15, 0.2) is 11.8 Å². The fourth-order valence-electron chi connectivity index (χ4n) is 3.27. The molecule has 0 spiro atoms. The number of aliphatic imine (C=N–C) groups is 1. The number of esters is 1. The molecule has 1 aliphatic rings. The van der Waals surface area contributed by atoms with E-state index in [4.69, 9.17) is 9.73 Å². The van der Waals surface area contributed by atoms with Gasteiger partial charge in [-0.1, -0.05) is 0 Å². The van der Waals surface area contributed by atoms with Crippen LogP contribution in [0.4, 0.5) is 0 Å². The number of guanidine groups is 1. The summed E-state index contributed by atoms with van der Waals surface area (Å²) in [5.41, 5.74) is 1.07. The van der Waals surface area contributed by atoms with Crippen molar-refractivity contribution in [2.75, 3.05) is 26.2 Å². The zero-order valence-corrected chi connectivity index (χ0v) is 16.5. The Morgan fingerprint density at radius 2 is 2.14 bits per heavy atom. The number of hydrogen-bond donors (Lipinski definition) is 1. The van der Waals surface area contributed by atoms with E-state index in [2.05, 4.69) is 27.2 Å². The largest absolute Gasteiger partial charge is 0.466 e. The number of rotatable bonds is 6. The van der Waals surface area contributed by atoms with E-state index in [0.717, 1.165) is 49.8 Å². The molecule has 0 saturated carbocycles. The van der Waals surface area contributed by atoms with Crippen LogP contribution in [0.15, 0.2) is 41.8 Å². The first-order valence-corrected chi connectivity index (χ1v) is 9.86. The second-order valence-corrected chi connectivity index (χ2v) is 6.66. The number of carbonyl (C=O) groups excluding carboxylic acids is 1. The van der Waals surface area contributed by atoms with Gasteiger partial charge in [-0.05, 0) is 50.5 Å². The topological polar surface area (TPSA) is 84.6 Å². The zero-order chi connectivity index (χ0) is 19.8. The summed E-state index contributed by atoms with van der Waals surface area (Å²) in [5, 5.41) is 7.58. The summed E-state index contributed by atoms with van der Waals surface area (Å²) < 4.78 is 6.89. The van der Waals surface area contributed by atoms with Gasteiger partial charge in [0.1, 0.15) is 0 Å². The van der Waals surface area contributed by atoms with Crippen LogP contribution in [0.3, 0.4) is 0 Å². The molecule has 28 heavy (non-hydrogen) atoms. The molecule has 1 fully saturated rings. The fraction of sp³-hybridized carbons (Fsp3) is 0.500. The summed E-state index contributed by atoms with van der Waals surface area (Å²) in [6, 6.07) is 5.83. The first-order chi connectivity index (χ1) is 13.7. The summed E-state index contributed by atoms with van der Waals surface area (Å²) in [6.45, 7) is 7.29. The van der Waals surface area contributed by atoms with Crippen molar-refractivity contribution < 1.29 is 9.53 Å². The van der Waals surface area contributed by atoms with Crippen molar-refractivity contribution in [2.45, 2.75) is 33.2 Å². The highest BCUT2D eigenvalue weighted by Crippen LogP contribution is 2.19. The van der Waals surface area contributed by atoms with Gasteiger partial charge in [0.05, 0.1) is 19.1 Å². The summed E-state index contributed by atoms with van der Waals surface area (Å²) in [5.74, 6) is 1.57. The maximum Gasteiger partial charge on any atom is 0.309 e. The van der Waals surface area contributed by atoms with Crippen molar-refractivity contribution in [2.24, 2.45) is 10.9 Å². The van der Waals surface area contributed by atoms with Crippen molar-refractivity contribution in [3.63, 3.8) is 0 Å². The summed E-state index contributed by atoms with van der Waals surface area (Å²) in [4.78, 5) is 23.3. The van der Waals surface area contributed by atoms with Gasteiger partial charge >= 0.3 is 5.97 Å². The standard InChI is InChI=1S/C20H28N6O2/c1-3-21-20(25-12-7-17(8-13-25)19(27)28-4-2)23-15-16-6-10-22-18(14-16)26-11-5-9-24-26/h5-6,9-11,14,17H,3-4,7-8,12-13,15H2,1-2H3,(H,21,23). The lowest BCUT2D eigenvalue weighted by atomic mass is 9.97. The summed E-state index contributed by atoms with van der Waals surface area (Å²) in [6.07, 6.45) is 6.96. The van der Waals surface area contributed by atoms with E-state index < -0.39 is 0 Å². The van der Waals surface area contributed by atoms with Gasteiger partial charge in [-0.15, -0.1) is 0 Å². The molecule has 0 atom stereocenters. The molecule has 3 rings (SSSR count). The van der Waals surface area contributed by atoms with E-state index in [1.165, 1.54) is 0 Å². The minimum absolute atomic E-state index is 0.00379. The Bertz CT molecular complexity index is 782. The van der Waals surface area contributed by atoms with Gasteiger partial charge < -0.3 is 15.0 Å². The van der Waals surface area contributed by atoms with E-state index >= 15 is 0 Å². The number of ether oxygens (including phenoxy) is 1. The maximum atomic E-state index is 11.9. The Morgan fingerprint density at radius 3 is 2.82 bits per heavy atom. The van der Waals surface area contributed by atoms with Gasteiger partial charge in [0.25, 0.3) is 0 Å². The third-order valence-corrected chi connectivity index (χ3v) is 4.71. The van der Waals surface area contributed by atoms with Gasteiger partial charge in [0, 0.05) is 38.2 Å². The van der Waals surface area contributed by atoms with Crippen molar-refractivity contribution in [1.29, 1.82) is 0 Å². The molecule has 1 N–H and O–H groups in total. The number of piperidine rings is 1. The molecule has 0 aromatic carbocycles. The second-order valence-electron chi connectivity index (χ2n) is 6.66. The number of aromatic nitrogens is 3. The Labute approximate surface area is 165 Å². The highest BCUT2D eigenvalue weighted by molar-refractivity contribution is 5.80. The van der Waals surface area contributed by atoms with Crippen LogP contribution in [-0.2, 0) is 16.1 Å². The molecule has 0 aliphatic carbocycles. The molecule has 0 bridgehead atoms. The van der Waals surface area contributed by atoms with Crippen molar-refractivity contribution in [3.05, 3.63) is 42.4 Å². The molecule has 8 nitrogen and oxygen atoms in total. The lowest BCUT2D eigenvalue weighted by Gasteiger charge is -2.33. The molecule has 150 valence electrons. The predicted octanol–water partition coefficient (Wildman–Crippen LogP) is 2.01. The van der Waals surface area contributed by atoms with Crippen LogP contribution in [0.2, 0.25) is 0 Å². The number of pyridine rings is 1. The van der Waals surface area contributed by atoms with Gasteiger partial charge in [-0.2, -0.15) is 5.10 Å². The first kappa shape index (κ1) is 19.9. The van der Waals surface area contributed by atoms with Crippen molar-refractivity contribution in [1.82, 2.24) is 25.0 Å². The van der Waals surface area contributed by atoms with Crippen molar-refractivity contribution in [3.8, 4) is 5.82 Å².